The van der Waals surface area contributed by atoms with Crippen molar-refractivity contribution in [3.05, 3.63) is 41.6 Å². The van der Waals surface area contributed by atoms with Crippen LogP contribution in [0.1, 0.15) is 15.9 Å². The average molecular weight is 284 g/mol. The van der Waals surface area contributed by atoms with Gasteiger partial charge in [-0.1, -0.05) is 0 Å². The summed E-state index contributed by atoms with van der Waals surface area (Å²) in [6, 6.07) is 4.12. The summed E-state index contributed by atoms with van der Waals surface area (Å²) in [7, 11) is 1.59. The second-order valence-electron chi connectivity index (χ2n) is 4.09. The third-order valence-corrected chi connectivity index (χ3v) is 2.69. The number of carbonyl (C=O) groups is 1. The van der Waals surface area contributed by atoms with Crippen LogP contribution in [0.15, 0.2) is 30.5 Å². The summed E-state index contributed by atoms with van der Waals surface area (Å²) in [4.78, 5) is 12.0. The fourth-order valence-corrected chi connectivity index (χ4v) is 1.61. The zero-order chi connectivity index (χ0) is 14.9. The Labute approximate surface area is 112 Å². The van der Waals surface area contributed by atoms with E-state index in [2.05, 4.69) is 10.4 Å². The van der Waals surface area contributed by atoms with Crippen molar-refractivity contribution < 1.29 is 18.0 Å². The largest absolute Gasteiger partial charge is 0.416 e. The second-order valence-corrected chi connectivity index (χ2v) is 4.09. The Morgan fingerprint density at radius 3 is 2.60 bits per heavy atom. The van der Waals surface area contributed by atoms with Gasteiger partial charge in [0, 0.05) is 18.8 Å². The van der Waals surface area contributed by atoms with Crippen molar-refractivity contribution in [3.8, 4) is 0 Å². The van der Waals surface area contributed by atoms with Crippen LogP contribution in [0.2, 0.25) is 0 Å². The molecular formula is C12H11F3N4O. The van der Waals surface area contributed by atoms with Crippen LogP contribution in [0, 0.1) is 0 Å². The molecule has 1 aromatic heterocycles. The summed E-state index contributed by atoms with van der Waals surface area (Å²) < 4.78 is 39.2. The van der Waals surface area contributed by atoms with Gasteiger partial charge in [-0.3, -0.25) is 9.48 Å². The molecule has 0 aliphatic heterocycles. The molecule has 0 aliphatic carbocycles. The number of halogens is 3. The van der Waals surface area contributed by atoms with Crippen LogP contribution in [0.5, 0.6) is 0 Å². The van der Waals surface area contributed by atoms with Crippen LogP contribution in [0.4, 0.5) is 24.7 Å². The number of hydrogen-bond donors (Lipinski definition) is 2. The van der Waals surface area contributed by atoms with Crippen LogP contribution in [-0.4, -0.2) is 15.7 Å². The summed E-state index contributed by atoms with van der Waals surface area (Å²) in [5.74, 6) is -0.371. The zero-order valence-electron chi connectivity index (χ0n) is 10.4. The number of aryl methyl sites for hydroxylation is 1. The van der Waals surface area contributed by atoms with Crippen molar-refractivity contribution in [3.63, 3.8) is 0 Å². The molecule has 2 rings (SSSR count). The number of nitrogens with zero attached hydrogens (tertiary/aromatic N) is 2. The number of amides is 1. The van der Waals surface area contributed by atoms with E-state index in [1.54, 1.807) is 7.05 Å². The van der Waals surface area contributed by atoms with E-state index < -0.39 is 17.6 Å². The number of nitrogens with one attached hydrogen (secondary N) is 1. The van der Waals surface area contributed by atoms with Gasteiger partial charge in [0.05, 0.1) is 17.3 Å². The molecular weight excluding hydrogens is 273 g/mol. The number of anilines is 2. The molecule has 0 saturated carbocycles. The Morgan fingerprint density at radius 1 is 1.35 bits per heavy atom. The van der Waals surface area contributed by atoms with Gasteiger partial charge in [0.1, 0.15) is 5.82 Å². The maximum absolute atomic E-state index is 12.6. The monoisotopic (exact) mass is 284 g/mol. The molecule has 0 unspecified atom stereocenters. The van der Waals surface area contributed by atoms with Gasteiger partial charge in [-0.15, -0.1) is 0 Å². The zero-order valence-corrected chi connectivity index (χ0v) is 10.4. The van der Waals surface area contributed by atoms with E-state index in [1.165, 1.54) is 16.9 Å². The molecule has 3 N–H and O–H groups in total. The predicted molar refractivity (Wildman–Crippen MR) is 67.0 cm³/mol. The number of rotatable bonds is 2. The van der Waals surface area contributed by atoms with Gasteiger partial charge in [-0.05, 0) is 18.2 Å². The topological polar surface area (TPSA) is 72.9 Å². The molecule has 1 heterocycles. The van der Waals surface area contributed by atoms with Crippen LogP contribution >= 0.6 is 0 Å². The summed E-state index contributed by atoms with van der Waals surface area (Å²) >= 11 is 0. The number of nitrogens with two attached hydrogens (primary N) is 1. The molecule has 0 aliphatic rings. The van der Waals surface area contributed by atoms with Crippen LogP contribution in [-0.2, 0) is 13.2 Å². The maximum Gasteiger partial charge on any atom is 0.416 e. The average Bonchev–Trinajstić information content (AvgIpc) is 2.74. The molecule has 0 saturated heterocycles. The van der Waals surface area contributed by atoms with Crippen molar-refractivity contribution in [1.29, 1.82) is 0 Å². The maximum atomic E-state index is 12.6. The van der Waals surface area contributed by atoms with Crippen LogP contribution in [0.25, 0.3) is 0 Å². The van der Waals surface area contributed by atoms with E-state index in [1.807, 2.05) is 0 Å². The second kappa shape index (κ2) is 4.87. The highest BCUT2D eigenvalue weighted by Crippen LogP contribution is 2.31. The number of nitrogen functional groups attached to an aromatic ring is 1. The standard InChI is InChI=1S/C12H11F3N4O/c1-19-10(4-5-17-19)18-11(20)8-6-7(12(13,14)15)2-3-9(8)16/h2-6H,16H2,1H3,(H,18,20). The molecule has 0 fully saturated rings. The number of carbonyl (C=O) groups excluding carboxylic acids is 1. The number of alkyl halides is 3. The van der Waals surface area contributed by atoms with Crippen molar-refractivity contribution >= 4 is 17.4 Å². The smallest absolute Gasteiger partial charge is 0.398 e. The Kier molecular flexibility index (Phi) is 3.39. The van der Waals surface area contributed by atoms with E-state index in [0.717, 1.165) is 18.2 Å². The third kappa shape index (κ3) is 2.73. The predicted octanol–water partition coefficient (Wildman–Crippen LogP) is 2.27. The van der Waals surface area contributed by atoms with Gasteiger partial charge in [0.2, 0.25) is 0 Å². The van der Waals surface area contributed by atoms with Gasteiger partial charge in [0.15, 0.2) is 0 Å². The fraction of sp³-hybridized carbons (Fsp3) is 0.167. The van der Waals surface area contributed by atoms with E-state index in [-0.39, 0.29) is 11.3 Å². The Hall–Kier alpha value is -2.51. The van der Waals surface area contributed by atoms with Crippen molar-refractivity contribution in [1.82, 2.24) is 9.78 Å². The first-order valence-corrected chi connectivity index (χ1v) is 5.55. The fourth-order valence-electron chi connectivity index (χ4n) is 1.61. The quantitative estimate of drug-likeness (QED) is 0.831. The first-order chi connectivity index (χ1) is 9.29. The minimum atomic E-state index is -4.53. The lowest BCUT2D eigenvalue weighted by molar-refractivity contribution is -0.137. The van der Waals surface area contributed by atoms with Gasteiger partial charge in [-0.25, -0.2) is 0 Å². The first-order valence-electron chi connectivity index (χ1n) is 5.55. The molecule has 2 aromatic rings. The summed E-state index contributed by atoms with van der Waals surface area (Å²) in [6.07, 6.45) is -3.08. The molecule has 20 heavy (non-hydrogen) atoms. The lowest BCUT2D eigenvalue weighted by atomic mass is 10.1. The molecule has 5 nitrogen and oxygen atoms in total. The minimum Gasteiger partial charge on any atom is -0.398 e. The Bertz CT molecular complexity index is 648. The van der Waals surface area contributed by atoms with Gasteiger partial charge >= 0.3 is 6.18 Å². The molecule has 106 valence electrons. The summed E-state index contributed by atoms with van der Waals surface area (Å²) in [5, 5.41) is 6.27. The lowest BCUT2D eigenvalue weighted by Crippen LogP contribution is -2.17. The van der Waals surface area contributed by atoms with E-state index >= 15 is 0 Å². The Balaban J connectivity index is 2.32. The van der Waals surface area contributed by atoms with E-state index in [4.69, 9.17) is 5.73 Å². The van der Waals surface area contributed by atoms with E-state index in [0.29, 0.717) is 5.82 Å². The normalized spacial score (nSPS) is 11.4. The highest BCUT2D eigenvalue weighted by atomic mass is 19.4. The number of aromatic nitrogens is 2. The molecule has 1 aromatic carbocycles. The SMILES string of the molecule is Cn1nccc1NC(=O)c1cc(C(F)(F)F)ccc1N. The third-order valence-electron chi connectivity index (χ3n) is 2.69. The first kappa shape index (κ1) is 13.9. The molecule has 0 spiro atoms. The van der Waals surface area contributed by atoms with Crippen molar-refractivity contribution in [2.75, 3.05) is 11.1 Å². The molecule has 1 amide bonds. The van der Waals surface area contributed by atoms with Crippen LogP contribution < -0.4 is 11.1 Å². The van der Waals surface area contributed by atoms with Gasteiger partial charge in [-0.2, -0.15) is 18.3 Å². The van der Waals surface area contributed by atoms with Gasteiger partial charge in [0.25, 0.3) is 5.91 Å². The minimum absolute atomic E-state index is 0.0299. The molecule has 0 radical (unpaired) electrons. The highest BCUT2D eigenvalue weighted by Gasteiger charge is 2.31. The molecule has 8 heteroatoms. The number of benzene rings is 1. The van der Waals surface area contributed by atoms with Crippen molar-refractivity contribution in [2.24, 2.45) is 7.05 Å². The molecule has 0 atom stereocenters. The summed E-state index contributed by atoms with van der Waals surface area (Å²) in [6.45, 7) is 0. The molecule has 0 bridgehead atoms. The number of hydrogen-bond acceptors (Lipinski definition) is 3. The van der Waals surface area contributed by atoms with Gasteiger partial charge < -0.3 is 11.1 Å². The van der Waals surface area contributed by atoms with Crippen molar-refractivity contribution in [2.45, 2.75) is 6.18 Å². The van der Waals surface area contributed by atoms with E-state index in [9.17, 15) is 18.0 Å². The Morgan fingerprint density at radius 2 is 2.05 bits per heavy atom. The highest BCUT2D eigenvalue weighted by molar-refractivity contribution is 6.07. The lowest BCUT2D eigenvalue weighted by Gasteiger charge is -2.11. The van der Waals surface area contributed by atoms with Crippen LogP contribution in [0.3, 0.4) is 0 Å². The summed E-state index contributed by atoms with van der Waals surface area (Å²) in [5.41, 5.74) is 4.36.